The van der Waals surface area contributed by atoms with Gasteiger partial charge in [0.05, 0.1) is 11.8 Å². The van der Waals surface area contributed by atoms with Gasteiger partial charge in [0.15, 0.2) is 11.3 Å². The second kappa shape index (κ2) is 5.88. The Hall–Kier alpha value is -3.14. The van der Waals surface area contributed by atoms with Crippen LogP contribution in [0.2, 0.25) is 0 Å². The third kappa shape index (κ3) is 3.06. The number of hydrogen-bond acceptors (Lipinski definition) is 5. The zero-order valence-corrected chi connectivity index (χ0v) is 10.9. The molecule has 0 aliphatic rings. The van der Waals surface area contributed by atoms with Crippen LogP contribution in [0.4, 0.5) is 10.1 Å². The molecule has 7 heteroatoms. The van der Waals surface area contributed by atoms with Crippen LogP contribution >= 0.6 is 0 Å². The Morgan fingerprint density at radius 1 is 1.43 bits per heavy atom. The Morgan fingerprint density at radius 3 is 2.62 bits per heavy atom. The van der Waals surface area contributed by atoms with Gasteiger partial charge in [-0.25, -0.2) is 4.39 Å². The molecule has 21 heavy (non-hydrogen) atoms. The van der Waals surface area contributed by atoms with E-state index in [9.17, 15) is 14.3 Å². The van der Waals surface area contributed by atoms with Crippen molar-refractivity contribution < 1.29 is 18.8 Å². The third-order valence-electron chi connectivity index (χ3n) is 2.68. The molecule has 0 bridgehead atoms. The van der Waals surface area contributed by atoms with Crippen molar-refractivity contribution in [3.05, 3.63) is 53.2 Å². The molecule has 1 amide bonds. The number of rotatable bonds is 3. The van der Waals surface area contributed by atoms with Crippen molar-refractivity contribution in [2.45, 2.75) is 6.92 Å². The van der Waals surface area contributed by atoms with Crippen LogP contribution in [0.5, 0.6) is 0 Å². The van der Waals surface area contributed by atoms with Gasteiger partial charge in [0, 0.05) is 5.69 Å². The SMILES string of the molecule is Cc1oncc1/C(O)=C(\C#N)C(=O)Nc1ccc(F)cc1. The molecule has 106 valence electrons. The average Bonchev–Trinajstić information content (AvgIpc) is 2.88. The number of carbonyl (C=O) groups excluding carboxylic acids is 1. The smallest absolute Gasteiger partial charge is 0.270 e. The highest BCUT2D eigenvalue weighted by Gasteiger charge is 2.19. The first-order valence-corrected chi connectivity index (χ1v) is 5.85. The Morgan fingerprint density at radius 2 is 2.10 bits per heavy atom. The van der Waals surface area contributed by atoms with Crippen molar-refractivity contribution in [2.24, 2.45) is 0 Å². The summed E-state index contributed by atoms with van der Waals surface area (Å²) in [6.45, 7) is 1.53. The Kier molecular flexibility index (Phi) is 4.00. The molecule has 0 aliphatic carbocycles. The van der Waals surface area contributed by atoms with Crippen LogP contribution in [0, 0.1) is 24.1 Å². The number of aliphatic hydroxyl groups is 1. The van der Waals surface area contributed by atoms with Crippen molar-refractivity contribution in [3.63, 3.8) is 0 Å². The lowest BCUT2D eigenvalue weighted by Crippen LogP contribution is -2.15. The summed E-state index contributed by atoms with van der Waals surface area (Å²) in [5.41, 5.74) is -0.0459. The van der Waals surface area contributed by atoms with Gasteiger partial charge in [0.25, 0.3) is 5.91 Å². The highest BCUT2D eigenvalue weighted by molar-refractivity contribution is 6.10. The molecule has 2 aromatic rings. The number of hydrogen-bond donors (Lipinski definition) is 2. The van der Waals surface area contributed by atoms with E-state index in [4.69, 9.17) is 9.78 Å². The predicted molar refractivity (Wildman–Crippen MR) is 71.4 cm³/mol. The van der Waals surface area contributed by atoms with Crippen LogP contribution in [-0.2, 0) is 4.79 Å². The van der Waals surface area contributed by atoms with Crippen molar-refractivity contribution in [1.29, 1.82) is 5.26 Å². The van der Waals surface area contributed by atoms with Gasteiger partial charge in [-0.3, -0.25) is 4.79 Å². The van der Waals surface area contributed by atoms with Crippen LogP contribution in [0.15, 0.2) is 40.6 Å². The highest BCUT2D eigenvalue weighted by atomic mass is 19.1. The van der Waals surface area contributed by atoms with Gasteiger partial charge in [-0.2, -0.15) is 5.26 Å². The van der Waals surface area contributed by atoms with Crippen molar-refractivity contribution in [2.75, 3.05) is 5.32 Å². The quantitative estimate of drug-likeness (QED) is 0.513. The maximum absolute atomic E-state index is 12.8. The van der Waals surface area contributed by atoms with Crippen molar-refractivity contribution in [1.82, 2.24) is 5.16 Å². The first kappa shape index (κ1) is 14.3. The molecule has 6 nitrogen and oxygen atoms in total. The first-order valence-electron chi connectivity index (χ1n) is 5.85. The van der Waals surface area contributed by atoms with E-state index in [1.54, 1.807) is 6.07 Å². The minimum Gasteiger partial charge on any atom is -0.506 e. The topological polar surface area (TPSA) is 99.2 Å². The summed E-state index contributed by atoms with van der Waals surface area (Å²) in [5, 5.41) is 24.9. The summed E-state index contributed by atoms with van der Waals surface area (Å²) in [4.78, 5) is 12.0. The molecule has 1 aromatic carbocycles. The molecule has 0 saturated carbocycles. The number of carbonyl (C=O) groups is 1. The minimum absolute atomic E-state index is 0.154. The maximum atomic E-state index is 12.8. The summed E-state index contributed by atoms with van der Waals surface area (Å²) in [5.74, 6) is -1.53. The van der Waals surface area contributed by atoms with Crippen molar-refractivity contribution >= 4 is 17.4 Å². The average molecular weight is 287 g/mol. The summed E-state index contributed by atoms with van der Waals surface area (Å²) >= 11 is 0. The lowest BCUT2D eigenvalue weighted by Gasteiger charge is -2.05. The molecule has 0 radical (unpaired) electrons. The molecule has 2 rings (SSSR count). The fourth-order valence-corrected chi connectivity index (χ4v) is 1.60. The molecule has 2 N–H and O–H groups in total. The standard InChI is InChI=1S/C14H10FN3O3/c1-8-12(7-17-21-8)13(19)11(6-16)14(20)18-10-4-2-9(15)3-5-10/h2-5,7,19H,1H3,(H,18,20)/b13-11-. The Bertz CT molecular complexity index is 742. The molecule has 0 fully saturated rings. The molecule has 0 saturated heterocycles. The van der Waals surface area contributed by atoms with Gasteiger partial charge >= 0.3 is 0 Å². The van der Waals surface area contributed by atoms with E-state index in [2.05, 4.69) is 10.5 Å². The summed E-state index contributed by atoms with van der Waals surface area (Å²) in [7, 11) is 0. The molecule has 0 unspecified atom stereocenters. The fraction of sp³-hybridized carbons (Fsp3) is 0.0714. The summed E-state index contributed by atoms with van der Waals surface area (Å²) in [6.07, 6.45) is 1.20. The van der Waals surface area contributed by atoms with E-state index in [0.29, 0.717) is 5.69 Å². The molecular formula is C14H10FN3O3. The number of aliphatic hydroxyl groups excluding tert-OH is 1. The molecule has 1 heterocycles. The van der Waals surface area contributed by atoms with E-state index >= 15 is 0 Å². The number of aryl methyl sites for hydroxylation is 1. The highest BCUT2D eigenvalue weighted by Crippen LogP contribution is 2.20. The lowest BCUT2D eigenvalue weighted by atomic mass is 10.1. The van der Waals surface area contributed by atoms with Crippen LogP contribution in [0.25, 0.3) is 5.76 Å². The number of nitrogens with one attached hydrogen (secondary N) is 1. The molecule has 1 aromatic heterocycles. The number of benzene rings is 1. The number of aromatic nitrogens is 1. The number of nitriles is 1. The fourth-order valence-electron chi connectivity index (χ4n) is 1.60. The van der Waals surface area contributed by atoms with E-state index in [1.807, 2.05) is 0 Å². The lowest BCUT2D eigenvalue weighted by molar-refractivity contribution is -0.112. The number of amides is 1. The van der Waals surface area contributed by atoms with Crippen LogP contribution in [-0.4, -0.2) is 16.2 Å². The number of anilines is 1. The van der Waals surface area contributed by atoms with E-state index in [0.717, 1.165) is 12.1 Å². The number of halogens is 1. The molecule has 0 aliphatic heterocycles. The zero-order chi connectivity index (χ0) is 15.4. The third-order valence-corrected chi connectivity index (χ3v) is 2.68. The van der Waals surface area contributed by atoms with Gasteiger partial charge in [-0.1, -0.05) is 5.16 Å². The van der Waals surface area contributed by atoms with Gasteiger partial charge in [0.2, 0.25) is 0 Å². The zero-order valence-electron chi connectivity index (χ0n) is 10.9. The summed E-state index contributed by atoms with van der Waals surface area (Å²) in [6, 6.07) is 6.62. The molecule has 0 atom stereocenters. The monoisotopic (exact) mass is 287 g/mol. The molecular weight excluding hydrogens is 277 g/mol. The largest absolute Gasteiger partial charge is 0.506 e. The minimum atomic E-state index is -0.817. The van der Waals surface area contributed by atoms with E-state index in [1.165, 1.54) is 25.3 Å². The Labute approximate surface area is 119 Å². The number of nitrogens with zero attached hydrogens (tertiary/aromatic N) is 2. The van der Waals surface area contributed by atoms with Crippen LogP contribution < -0.4 is 5.32 Å². The van der Waals surface area contributed by atoms with Gasteiger partial charge in [-0.15, -0.1) is 0 Å². The van der Waals surface area contributed by atoms with Gasteiger partial charge in [-0.05, 0) is 31.2 Å². The normalized spacial score (nSPS) is 11.5. The maximum Gasteiger partial charge on any atom is 0.270 e. The summed E-state index contributed by atoms with van der Waals surface area (Å²) < 4.78 is 17.5. The van der Waals surface area contributed by atoms with Crippen LogP contribution in [0.3, 0.4) is 0 Å². The van der Waals surface area contributed by atoms with Gasteiger partial charge in [0.1, 0.15) is 17.6 Å². The van der Waals surface area contributed by atoms with E-state index in [-0.39, 0.29) is 11.3 Å². The van der Waals surface area contributed by atoms with Crippen molar-refractivity contribution in [3.8, 4) is 6.07 Å². The predicted octanol–water partition coefficient (Wildman–Crippen LogP) is 2.55. The second-order valence-corrected chi connectivity index (χ2v) is 4.09. The molecule has 0 spiro atoms. The van der Waals surface area contributed by atoms with Crippen LogP contribution in [0.1, 0.15) is 11.3 Å². The Balaban J connectivity index is 2.29. The first-order chi connectivity index (χ1) is 10.0. The second-order valence-electron chi connectivity index (χ2n) is 4.09. The van der Waals surface area contributed by atoms with Gasteiger partial charge < -0.3 is 14.9 Å². The van der Waals surface area contributed by atoms with E-state index < -0.39 is 23.1 Å².